The summed E-state index contributed by atoms with van der Waals surface area (Å²) >= 11 is 1.98. The number of nitrogens with one attached hydrogen (secondary N) is 1. The van der Waals surface area contributed by atoms with E-state index in [1.165, 1.54) is 0 Å². The van der Waals surface area contributed by atoms with E-state index in [1.54, 1.807) is 0 Å². The van der Waals surface area contributed by atoms with E-state index in [2.05, 4.69) is 30.6 Å². The maximum absolute atomic E-state index is 11.6. The normalized spacial score (nSPS) is 26.4. The Hall–Kier alpha value is 0.0400. The lowest BCUT2D eigenvalue weighted by Gasteiger charge is -2.39. The van der Waals surface area contributed by atoms with Crippen LogP contribution in [-0.2, 0) is 9.84 Å². The van der Waals surface area contributed by atoms with Gasteiger partial charge in [0.25, 0.3) is 0 Å². The molecule has 0 aromatic rings. The first kappa shape index (κ1) is 21.1. The Morgan fingerprint density at radius 3 is 2.83 bits per heavy atom. The summed E-state index contributed by atoms with van der Waals surface area (Å²) in [7, 11) is -2.83. The van der Waals surface area contributed by atoms with Crippen molar-refractivity contribution in [3.63, 3.8) is 0 Å². The van der Waals surface area contributed by atoms with Gasteiger partial charge in [-0.05, 0) is 26.2 Å². The van der Waals surface area contributed by atoms with E-state index in [0.29, 0.717) is 18.8 Å². The van der Waals surface area contributed by atoms with Gasteiger partial charge in [-0.25, -0.2) is 8.42 Å². The molecule has 2 fully saturated rings. The maximum atomic E-state index is 11.6. The van der Waals surface area contributed by atoms with Crippen LogP contribution in [0.3, 0.4) is 0 Å². The monoisotopic (exact) mass is 473 g/mol. The highest BCUT2D eigenvalue weighted by atomic mass is 127. The van der Waals surface area contributed by atoms with Crippen LogP contribution in [0.2, 0.25) is 0 Å². The lowest BCUT2D eigenvalue weighted by Crippen LogP contribution is -2.51. The number of halogens is 1. The average molecular weight is 473 g/mol. The van der Waals surface area contributed by atoms with Crippen LogP contribution in [0.1, 0.15) is 20.3 Å². The zero-order chi connectivity index (χ0) is 16.2. The molecule has 8 heteroatoms. The van der Waals surface area contributed by atoms with E-state index in [9.17, 15) is 8.42 Å². The number of aliphatic imine (C=N–C) groups is 1. The first-order chi connectivity index (χ1) is 10.3. The zero-order valence-corrected chi connectivity index (χ0v) is 17.9. The third-order valence-corrected chi connectivity index (χ3v) is 7.09. The minimum absolute atomic E-state index is 0. The van der Waals surface area contributed by atoms with Crippen molar-refractivity contribution in [1.82, 2.24) is 10.2 Å². The van der Waals surface area contributed by atoms with Crippen LogP contribution >= 0.6 is 35.7 Å². The third kappa shape index (κ3) is 6.81. The molecule has 0 saturated carbocycles. The van der Waals surface area contributed by atoms with Gasteiger partial charge in [-0.2, -0.15) is 11.8 Å². The molecule has 2 saturated heterocycles. The number of hydrogen-bond donors (Lipinski definition) is 1. The topological polar surface area (TPSA) is 61.8 Å². The van der Waals surface area contributed by atoms with Crippen molar-refractivity contribution in [3.8, 4) is 0 Å². The second-order valence-corrected chi connectivity index (χ2v) is 10.7. The number of hydrogen-bond acceptors (Lipinski definition) is 4. The molecule has 0 radical (unpaired) electrons. The van der Waals surface area contributed by atoms with Gasteiger partial charge in [0, 0.05) is 36.7 Å². The highest BCUT2D eigenvalue weighted by Gasteiger charge is 2.30. The lowest BCUT2D eigenvalue weighted by atomic mass is 10.1. The van der Waals surface area contributed by atoms with Crippen molar-refractivity contribution >= 4 is 51.5 Å². The number of sulfone groups is 1. The molecule has 0 aromatic heterocycles. The van der Waals surface area contributed by atoms with E-state index in [4.69, 9.17) is 4.99 Å². The SMILES string of the molecule is C=CCNC(=NCC1CCS(=O)(=O)C1)N1CCSC(C)(C)C1.I. The molecule has 2 aliphatic rings. The van der Waals surface area contributed by atoms with E-state index >= 15 is 0 Å². The third-order valence-electron chi connectivity index (χ3n) is 3.96. The molecule has 0 aromatic carbocycles. The molecular weight excluding hydrogens is 445 g/mol. The fraction of sp³-hybridized carbons (Fsp3) is 0.800. The first-order valence-electron chi connectivity index (χ1n) is 7.80. The van der Waals surface area contributed by atoms with Crippen LogP contribution in [0, 0.1) is 5.92 Å². The van der Waals surface area contributed by atoms with Crippen molar-refractivity contribution in [3.05, 3.63) is 12.7 Å². The molecule has 2 aliphatic heterocycles. The fourth-order valence-electron chi connectivity index (χ4n) is 2.86. The van der Waals surface area contributed by atoms with Crippen LogP contribution < -0.4 is 5.32 Å². The van der Waals surface area contributed by atoms with Crippen molar-refractivity contribution < 1.29 is 8.42 Å². The van der Waals surface area contributed by atoms with Crippen LogP contribution in [0.15, 0.2) is 17.6 Å². The summed E-state index contributed by atoms with van der Waals surface area (Å²) in [6, 6.07) is 0. The summed E-state index contributed by atoms with van der Waals surface area (Å²) in [5, 5.41) is 3.32. The molecule has 1 N–H and O–H groups in total. The lowest BCUT2D eigenvalue weighted by molar-refractivity contribution is 0.375. The van der Waals surface area contributed by atoms with Crippen molar-refractivity contribution in [2.75, 3.05) is 43.4 Å². The van der Waals surface area contributed by atoms with Gasteiger partial charge in [0.05, 0.1) is 11.5 Å². The van der Waals surface area contributed by atoms with Gasteiger partial charge in [0.15, 0.2) is 15.8 Å². The molecule has 0 amide bonds. The van der Waals surface area contributed by atoms with Crippen LogP contribution in [0.5, 0.6) is 0 Å². The molecule has 134 valence electrons. The summed E-state index contributed by atoms with van der Waals surface area (Å²) in [6.45, 7) is 11.4. The molecule has 0 spiro atoms. The van der Waals surface area contributed by atoms with Gasteiger partial charge in [-0.15, -0.1) is 30.6 Å². The standard InChI is InChI=1S/C15H27N3O2S2.HI/c1-4-6-16-14(18-7-8-21-15(2,3)12-18)17-10-13-5-9-22(19,20)11-13;/h4,13H,1,5-12H2,2-3H3,(H,16,17);1H. The van der Waals surface area contributed by atoms with Gasteiger partial charge in [0.2, 0.25) is 0 Å². The quantitative estimate of drug-likeness (QED) is 0.293. The summed E-state index contributed by atoms with van der Waals surface area (Å²) in [5.74, 6) is 2.73. The molecule has 2 rings (SSSR count). The molecule has 23 heavy (non-hydrogen) atoms. The Labute approximate surface area is 161 Å². The minimum Gasteiger partial charge on any atom is -0.353 e. The van der Waals surface area contributed by atoms with Gasteiger partial charge >= 0.3 is 0 Å². The fourth-order valence-corrected chi connectivity index (χ4v) is 5.82. The molecule has 5 nitrogen and oxygen atoms in total. The number of guanidine groups is 1. The highest BCUT2D eigenvalue weighted by molar-refractivity contribution is 14.0. The average Bonchev–Trinajstić information content (AvgIpc) is 2.77. The number of rotatable bonds is 4. The Morgan fingerprint density at radius 1 is 1.52 bits per heavy atom. The Kier molecular flexibility index (Phi) is 8.19. The summed E-state index contributed by atoms with van der Waals surface area (Å²) in [6.07, 6.45) is 2.56. The summed E-state index contributed by atoms with van der Waals surface area (Å²) in [4.78, 5) is 6.99. The first-order valence-corrected chi connectivity index (χ1v) is 10.6. The van der Waals surface area contributed by atoms with Crippen LogP contribution in [0.4, 0.5) is 0 Å². The zero-order valence-electron chi connectivity index (χ0n) is 14.0. The van der Waals surface area contributed by atoms with E-state index in [0.717, 1.165) is 31.2 Å². The smallest absolute Gasteiger partial charge is 0.194 e. The molecule has 0 bridgehead atoms. The van der Waals surface area contributed by atoms with Crippen molar-refractivity contribution in [2.24, 2.45) is 10.9 Å². The van der Waals surface area contributed by atoms with E-state index in [-0.39, 0.29) is 40.4 Å². The Balaban J connectivity index is 0.00000264. The van der Waals surface area contributed by atoms with Crippen molar-refractivity contribution in [2.45, 2.75) is 25.0 Å². The Bertz CT molecular complexity index is 535. The van der Waals surface area contributed by atoms with Gasteiger partial charge in [-0.3, -0.25) is 4.99 Å². The predicted molar refractivity (Wildman–Crippen MR) is 111 cm³/mol. The van der Waals surface area contributed by atoms with Gasteiger partial charge < -0.3 is 10.2 Å². The largest absolute Gasteiger partial charge is 0.353 e. The summed E-state index contributed by atoms with van der Waals surface area (Å²) < 4.78 is 23.3. The second-order valence-electron chi connectivity index (χ2n) is 6.63. The van der Waals surface area contributed by atoms with Gasteiger partial charge in [0.1, 0.15) is 0 Å². The summed E-state index contributed by atoms with van der Waals surface area (Å²) in [5.41, 5.74) is 0. The van der Waals surface area contributed by atoms with Gasteiger partial charge in [-0.1, -0.05) is 6.08 Å². The number of thioether (sulfide) groups is 1. The van der Waals surface area contributed by atoms with Crippen LogP contribution in [0.25, 0.3) is 0 Å². The highest BCUT2D eigenvalue weighted by Crippen LogP contribution is 2.29. The Morgan fingerprint density at radius 2 is 2.26 bits per heavy atom. The minimum atomic E-state index is -2.83. The molecule has 0 aliphatic carbocycles. The van der Waals surface area contributed by atoms with Crippen molar-refractivity contribution in [1.29, 1.82) is 0 Å². The molecular formula is C15H28IN3O2S2. The second kappa shape index (κ2) is 8.94. The predicted octanol–water partition coefficient (Wildman–Crippen LogP) is 2.00. The van der Waals surface area contributed by atoms with E-state index in [1.807, 2.05) is 17.8 Å². The van der Waals surface area contributed by atoms with E-state index < -0.39 is 9.84 Å². The van der Waals surface area contributed by atoms with Crippen LogP contribution in [-0.4, -0.2) is 67.5 Å². The number of nitrogens with zero attached hydrogens (tertiary/aromatic N) is 2. The molecule has 1 unspecified atom stereocenters. The maximum Gasteiger partial charge on any atom is 0.194 e. The molecule has 2 heterocycles. The molecule has 1 atom stereocenters.